The molecule has 0 aromatic rings. The average molecular weight is 183 g/mol. The number of halogens is 1. The average Bonchev–Trinajstić information content (AvgIpc) is 1.67. The molecule has 0 amide bonds. The number of rotatable bonds is 2. The summed E-state index contributed by atoms with van der Waals surface area (Å²) < 4.78 is 0. The summed E-state index contributed by atoms with van der Waals surface area (Å²) in [6.45, 7) is 3.53. The Balaban J connectivity index is 3.71. The molecule has 0 spiro atoms. The Morgan fingerprint density at radius 2 is 2.00 bits per heavy atom. The minimum absolute atomic E-state index is 0.0145. The van der Waals surface area contributed by atoms with Crippen LogP contribution in [0.25, 0.3) is 0 Å². The highest BCUT2D eigenvalue weighted by atomic mass is 79.9. The third-order valence-corrected chi connectivity index (χ3v) is 2.29. The van der Waals surface area contributed by atoms with Gasteiger partial charge in [-0.25, -0.2) is 0 Å². The molecule has 0 aromatic heterocycles. The van der Waals surface area contributed by atoms with E-state index in [-0.39, 0.29) is 6.61 Å². The summed E-state index contributed by atoms with van der Waals surface area (Å²) in [5.74, 6) is 0. The number of aliphatic hydroxyl groups is 2. The van der Waals surface area contributed by atoms with Gasteiger partial charge in [0.1, 0.15) is 5.01 Å². The zero-order valence-corrected chi connectivity index (χ0v) is 6.64. The van der Waals surface area contributed by atoms with Gasteiger partial charge in [0.25, 0.3) is 0 Å². The van der Waals surface area contributed by atoms with Crippen molar-refractivity contribution in [2.45, 2.75) is 18.9 Å². The molecule has 0 fully saturated rings. The van der Waals surface area contributed by atoms with Crippen LogP contribution >= 0.6 is 15.9 Å². The molecule has 0 bridgehead atoms. The maximum atomic E-state index is 8.84. The van der Waals surface area contributed by atoms with E-state index in [1.54, 1.807) is 13.8 Å². The maximum absolute atomic E-state index is 8.84. The van der Waals surface area contributed by atoms with Crippen LogP contribution < -0.4 is 0 Å². The largest absolute Gasteiger partial charge is 0.396 e. The van der Waals surface area contributed by atoms with E-state index in [1.165, 1.54) is 0 Å². The zero-order valence-electron chi connectivity index (χ0n) is 5.06. The van der Waals surface area contributed by atoms with Crippen molar-refractivity contribution in [2.75, 3.05) is 6.61 Å². The Labute approximate surface area is 57.7 Å². The van der Waals surface area contributed by atoms with Crippen molar-refractivity contribution < 1.29 is 10.2 Å². The van der Waals surface area contributed by atoms with Crippen molar-refractivity contribution in [2.24, 2.45) is 5.41 Å². The van der Waals surface area contributed by atoms with Crippen LogP contribution in [0.5, 0.6) is 0 Å². The fourth-order valence-electron chi connectivity index (χ4n) is 0.0753. The van der Waals surface area contributed by atoms with E-state index in [9.17, 15) is 0 Å². The summed E-state index contributed by atoms with van der Waals surface area (Å²) in [6.07, 6.45) is 0. The van der Waals surface area contributed by atoms with Crippen molar-refractivity contribution in [3.8, 4) is 0 Å². The molecular weight excluding hydrogens is 172 g/mol. The predicted octanol–water partition coefficient (Wildman–Crippen LogP) is 0.718. The summed E-state index contributed by atoms with van der Waals surface area (Å²) in [5, 5.41) is 16.8. The second-order valence-electron chi connectivity index (χ2n) is 2.48. The van der Waals surface area contributed by atoms with Crippen LogP contribution in [0.15, 0.2) is 0 Å². The van der Waals surface area contributed by atoms with Crippen LogP contribution in [0.1, 0.15) is 13.8 Å². The first kappa shape index (κ1) is 8.40. The van der Waals surface area contributed by atoms with Crippen molar-refractivity contribution in [1.29, 1.82) is 0 Å². The van der Waals surface area contributed by atoms with Gasteiger partial charge in [-0.1, -0.05) is 29.8 Å². The summed E-state index contributed by atoms with van der Waals surface area (Å²) >= 11 is 2.95. The summed E-state index contributed by atoms with van der Waals surface area (Å²) in [7, 11) is 0. The normalized spacial score (nSPS) is 16.1. The number of hydrogen-bond donors (Lipinski definition) is 2. The molecule has 2 N–H and O–H groups in total. The number of alkyl halides is 1. The lowest BCUT2D eigenvalue weighted by Crippen LogP contribution is -2.27. The van der Waals surface area contributed by atoms with Crippen molar-refractivity contribution in [1.82, 2.24) is 0 Å². The Kier molecular flexibility index (Phi) is 2.94. The molecule has 0 aliphatic carbocycles. The number of aliphatic hydroxyl groups excluding tert-OH is 2. The topological polar surface area (TPSA) is 40.5 Å². The first-order valence-electron chi connectivity index (χ1n) is 2.43. The van der Waals surface area contributed by atoms with Gasteiger partial charge in [-0.15, -0.1) is 0 Å². The van der Waals surface area contributed by atoms with Crippen LogP contribution in [-0.4, -0.2) is 21.8 Å². The van der Waals surface area contributed by atoms with Gasteiger partial charge in [-0.05, 0) is 0 Å². The predicted molar refractivity (Wildman–Crippen MR) is 35.8 cm³/mol. The minimum Gasteiger partial charge on any atom is -0.396 e. The highest BCUT2D eigenvalue weighted by molar-refractivity contribution is 9.09. The molecule has 0 saturated heterocycles. The molecule has 0 rings (SSSR count). The highest BCUT2D eigenvalue weighted by Gasteiger charge is 2.23. The lowest BCUT2D eigenvalue weighted by Gasteiger charge is -2.22. The van der Waals surface area contributed by atoms with Crippen LogP contribution in [0.4, 0.5) is 0 Å². The maximum Gasteiger partial charge on any atom is 0.116 e. The molecule has 0 aliphatic rings. The van der Waals surface area contributed by atoms with E-state index < -0.39 is 10.4 Å². The van der Waals surface area contributed by atoms with E-state index in [1.807, 2.05) is 0 Å². The van der Waals surface area contributed by atoms with Gasteiger partial charge >= 0.3 is 0 Å². The molecular formula is C5H11BrO2. The fraction of sp³-hybridized carbons (Fsp3) is 1.00. The molecule has 0 aliphatic heterocycles. The first-order chi connectivity index (χ1) is 3.50. The molecule has 0 heterocycles. The van der Waals surface area contributed by atoms with Crippen molar-refractivity contribution in [3.05, 3.63) is 0 Å². The standard InChI is InChI=1S/C5H11BrO2/c1-5(2,3-7)4(6)8/h4,7-8H,3H2,1-2H3. The van der Waals surface area contributed by atoms with Crippen molar-refractivity contribution >= 4 is 15.9 Å². The van der Waals surface area contributed by atoms with E-state index in [4.69, 9.17) is 10.2 Å². The quantitative estimate of drug-likeness (QED) is 0.619. The monoisotopic (exact) mass is 182 g/mol. The molecule has 1 unspecified atom stereocenters. The lowest BCUT2D eigenvalue weighted by molar-refractivity contribution is 0.0677. The Hall–Kier alpha value is 0.400. The molecule has 8 heavy (non-hydrogen) atoms. The molecule has 0 radical (unpaired) electrons. The van der Waals surface area contributed by atoms with Crippen LogP contribution in [0.2, 0.25) is 0 Å². The SMILES string of the molecule is CC(C)(CO)C(O)Br. The van der Waals surface area contributed by atoms with Gasteiger partial charge in [-0.2, -0.15) is 0 Å². The summed E-state index contributed by atoms with van der Waals surface area (Å²) in [5.41, 5.74) is -0.431. The molecule has 3 heteroatoms. The first-order valence-corrected chi connectivity index (χ1v) is 3.35. The van der Waals surface area contributed by atoms with Crippen LogP contribution in [-0.2, 0) is 0 Å². The smallest absolute Gasteiger partial charge is 0.116 e. The van der Waals surface area contributed by atoms with Gasteiger partial charge in [-0.3, -0.25) is 0 Å². The zero-order chi connectivity index (χ0) is 6.78. The van der Waals surface area contributed by atoms with Crippen LogP contribution in [0.3, 0.4) is 0 Å². The van der Waals surface area contributed by atoms with Gasteiger partial charge in [0.05, 0.1) is 6.61 Å². The Bertz CT molecular complexity index is 70.8. The fourth-order valence-corrected chi connectivity index (χ4v) is 0.220. The Morgan fingerprint density at radius 3 is 2.00 bits per heavy atom. The molecule has 1 atom stereocenters. The van der Waals surface area contributed by atoms with Gasteiger partial charge < -0.3 is 10.2 Å². The lowest BCUT2D eigenvalue weighted by atomic mass is 9.97. The minimum atomic E-state index is -0.625. The molecule has 2 nitrogen and oxygen atoms in total. The van der Waals surface area contributed by atoms with Gasteiger partial charge in [0.15, 0.2) is 0 Å². The van der Waals surface area contributed by atoms with E-state index in [0.29, 0.717) is 0 Å². The number of hydrogen-bond acceptors (Lipinski definition) is 2. The molecule has 0 aromatic carbocycles. The molecule has 0 saturated carbocycles. The third-order valence-electron chi connectivity index (χ3n) is 1.05. The molecule has 50 valence electrons. The van der Waals surface area contributed by atoms with E-state index in [0.717, 1.165) is 0 Å². The highest BCUT2D eigenvalue weighted by Crippen LogP contribution is 2.23. The second kappa shape index (κ2) is 2.80. The van der Waals surface area contributed by atoms with E-state index in [2.05, 4.69) is 15.9 Å². The van der Waals surface area contributed by atoms with E-state index >= 15 is 0 Å². The third kappa shape index (κ3) is 2.11. The Morgan fingerprint density at radius 1 is 1.62 bits per heavy atom. The summed E-state index contributed by atoms with van der Waals surface area (Å²) in [6, 6.07) is 0. The second-order valence-corrected chi connectivity index (χ2v) is 3.35. The summed E-state index contributed by atoms with van der Waals surface area (Å²) in [4.78, 5) is 0. The van der Waals surface area contributed by atoms with Gasteiger partial charge in [0.2, 0.25) is 0 Å². The van der Waals surface area contributed by atoms with Crippen LogP contribution in [0, 0.1) is 5.41 Å². The van der Waals surface area contributed by atoms with Gasteiger partial charge in [0, 0.05) is 5.41 Å². The van der Waals surface area contributed by atoms with Crippen molar-refractivity contribution in [3.63, 3.8) is 0 Å².